The first-order chi connectivity index (χ1) is 12.5. The summed E-state index contributed by atoms with van der Waals surface area (Å²) >= 11 is 0. The van der Waals surface area contributed by atoms with Crippen LogP contribution in [-0.4, -0.2) is 50.2 Å². The Labute approximate surface area is 156 Å². The third kappa shape index (κ3) is 6.02. The van der Waals surface area contributed by atoms with E-state index in [2.05, 4.69) is 24.5 Å². The molecule has 2 rings (SSSR count). The minimum Gasteiger partial charge on any atom is -0.336 e. The molecule has 3 amide bonds. The molecule has 1 aliphatic heterocycles. The summed E-state index contributed by atoms with van der Waals surface area (Å²) < 4.78 is 0. The van der Waals surface area contributed by atoms with Crippen molar-refractivity contribution in [2.45, 2.75) is 52.1 Å². The number of hydrogen-bond donors (Lipinski definition) is 3. The summed E-state index contributed by atoms with van der Waals surface area (Å²) in [4.78, 5) is 27.7. The summed E-state index contributed by atoms with van der Waals surface area (Å²) in [6, 6.07) is 9.40. The van der Waals surface area contributed by atoms with Crippen LogP contribution in [-0.2, 0) is 4.79 Å². The molecular weight excluding hydrogens is 328 g/mol. The van der Waals surface area contributed by atoms with Gasteiger partial charge in [-0.3, -0.25) is 4.79 Å². The predicted molar refractivity (Wildman–Crippen MR) is 104 cm³/mol. The van der Waals surface area contributed by atoms with Gasteiger partial charge in [0.2, 0.25) is 5.91 Å². The molecule has 0 aromatic heterocycles. The summed E-state index contributed by atoms with van der Waals surface area (Å²) in [6.07, 6.45) is 2.42. The van der Waals surface area contributed by atoms with Crippen molar-refractivity contribution in [3.8, 4) is 0 Å². The highest BCUT2D eigenvalue weighted by molar-refractivity contribution is 5.96. The zero-order valence-electron chi connectivity index (χ0n) is 16.3. The Bertz CT molecular complexity index is 574. The Hall–Kier alpha value is -2.08. The number of urea groups is 1. The van der Waals surface area contributed by atoms with Gasteiger partial charge in [0.05, 0.1) is 25.7 Å². The van der Waals surface area contributed by atoms with Crippen LogP contribution in [0.25, 0.3) is 0 Å². The molecule has 6 nitrogen and oxygen atoms in total. The van der Waals surface area contributed by atoms with Crippen molar-refractivity contribution in [3.63, 3.8) is 0 Å². The number of anilines is 1. The molecule has 0 spiro atoms. The van der Waals surface area contributed by atoms with Crippen molar-refractivity contribution < 1.29 is 14.5 Å². The van der Waals surface area contributed by atoms with Crippen molar-refractivity contribution in [2.75, 3.05) is 31.1 Å². The van der Waals surface area contributed by atoms with Crippen molar-refractivity contribution in [1.82, 2.24) is 10.6 Å². The van der Waals surface area contributed by atoms with Crippen LogP contribution in [0.3, 0.4) is 0 Å². The van der Waals surface area contributed by atoms with Crippen LogP contribution in [0.4, 0.5) is 10.5 Å². The van der Waals surface area contributed by atoms with E-state index in [9.17, 15) is 9.59 Å². The second kappa shape index (κ2) is 10.2. The number of benzene rings is 1. The lowest BCUT2D eigenvalue weighted by atomic mass is 10.2. The van der Waals surface area contributed by atoms with Crippen LogP contribution >= 0.6 is 0 Å². The number of carbonyl (C=O) groups is 2. The van der Waals surface area contributed by atoms with Gasteiger partial charge in [-0.15, -0.1) is 0 Å². The topological polar surface area (TPSA) is 65.9 Å². The van der Waals surface area contributed by atoms with Gasteiger partial charge < -0.3 is 20.4 Å². The summed E-state index contributed by atoms with van der Waals surface area (Å²) in [7, 11) is 0. The molecule has 1 heterocycles. The van der Waals surface area contributed by atoms with E-state index in [1.54, 1.807) is 9.80 Å². The quantitative estimate of drug-likeness (QED) is 0.618. The highest BCUT2D eigenvalue weighted by atomic mass is 16.2. The Morgan fingerprint density at radius 1 is 1.27 bits per heavy atom. The molecule has 0 radical (unpaired) electrons. The Kier molecular flexibility index (Phi) is 7.91. The van der Waals surface area contributed by atoms with Crippen LogP contribution < -0.4 is 20.4 Å². The molecule has 1 aromatic rings. The fraction of sp³-hybridized carbons (Fsp3) is 0.600. The maximum Gasteiger partial charge on any atom is 0.315 e. The lowest BCUT2D eigenvalue weighted by molar-refractivity contribution is -0.896. The van der Waals surface area contributed by atoms with Crippen molar-refractivity contribution in [1.29, 1.82) is 0 Å². The molecule has 0 aliphatic carbocycles. The first kappa shape index (κ1) is 20.2. The Balaban J connectivity index is 1.72. The molecule has 1 fully saturated rings. The Morgan fingerprint density at radius 3 is 2.62 bits per heavy atom. The van der Waals surface area contributed by atoms with Gasteiger partial charge >= 0.3 is 6.03 Å². The summed E-state index contributed by atoms with van der Waals surface area (Å²) in [5.41, 5.74) is 0.884. The van der Waals surface area contributed by atoms with E-state index < -0.39 is 0 Å². The normalized spacial score (nSPS) is 18.2. The smallest absolute Gasteiger partial charge is 0.315 e. The SMILES string of the molecule is CC[NH+](CC)CCC[C@@H](C)NC(=O)N[C@H]1CC(=O)N(c2ccccc2)C1. The molecule has 144 valence electrons. The van der Waals surface area contributed by atoms with Gasteiger partial charge in [-0.2, -0.15) is 0 Å². The molecule has 3 N–H and O–H groups in total. The monoisotopic (exact) mass is 361 g/mol. The molecular formula is C20H33N4O2+. The van der Waals surface area contributed by atoms with Gasteiger partial charge in [0.15, 0.2) is 0 Å². The van der Waals surface area contributed by atoms with Gasteiger partial charge in [0, 0.05) is 24.7 Å². The van der Waals surface area contributed by atoms with Gasteiger partial charge in [-0.05, 0) is 45.7 Å². The summed E-state index contributed by atoms with van der Waals surface area (Å²) in [5.74, 6) is 0.0525. The number of para-hydroxylation sites is 1. The highest BCUT2D eigenvalue weighted by Crippen LogP contribution is 2.20. The third-order valence-corrected chi connectivity index (χ3v) is 5.07. The number of carbonyl (C=O) groups excluding carboxylic acids is 2. The molecule has 2 atom stereocenters. The van der Waals surface area contributed by atoms with Gasteiger partial charge in [0.25, 0.3) is 0 Å². The highest BCUT2D eigenvalue weighted by Gasteiger charge is 2.31. The number of quaternary nitrogens is 1. The molecule has 1 aliphatic rings. The van der Waals surface area contributed by atoms with E-state index >= 15 is 0 Å². The van der Waals surface area contributed by atoms with E-state index in [1.165, 1.54) is 0 Å². The molecule has 1 saturated heterocycles. The summed E-state index contributed by atoms with van der Waals surface area (Å²) in [6.45, 7) is 10.4. The van der Waals surface area contributed by atoms with Gasteiger partial charge in [-0.1, -0.05) is 18.2 Å². The van der Waals surface area contributed by atoms with Crippen molar-refractivity contribution in [2.24, 2.45) is 0 Å². The molecule has 0 bridgehead atoms. The minimum atomic E-state index is -0.180. The first-order valence-electron chi connectivity index (χ1n) is 9.79. The number of nitrogens with one attached hydrogen (secondary N) is 3. The standard InChI is InChI=1S/C20H32N4O2/c1-4-23(5-2)13-9-10-16(3)21-20(26)22-17-14-19(25)24(15-17)18-11-7-6-8-12-18/h6-8,11-12,16-17H,4-5,9-10,13-15H2,1-3H3,(H2,21,22,26)/p+1/t16-,17+/m1/s1. The minimum absolute atomic E-state index is 0.0525. The maximum atomic E-state index is 12.2. The lowest BCUT2D eigenvalue weighted by Gasteiger charge is -2.20. The van der Waals surface area contributed by atoms with E-state index in [-0.39, 0.29) is 24.0 Å². The van der Waals surface area contributed by atoms with E-state index in [4.69, 9.17) is 0 Å². The molecule has 1 aromatic carbocycles. The zero-order chi connectivity index (χ0) is 18.9. The number of amides is 3. The van der Waals surface area contributed by atoms with Crippen molar-refractivity contribution >= 4 is 17.6 Å². The first-order valence-corrected chi connectivity index (χ1v) is 9.79. The van der Waals surface area contributed by atoms with Crippen LogP contribution in [0.5, 0.6) is 0 Å². The van der Waals surface area contributed by atoms with Crippen LogP contribution in [0, 0.1) is 0 Å². The van der Waals surface area contributed by atoms with Crippen molar-refractivity contribution in [3.05, 3.63) is 30.3 Å². The second-order valence-corrected chi connectivity index (χ2v) is 7.11. The molecule has 26 heavy (non-hydrogen) atoms. The van der Waals surface area contributed by atoms with Crippen LogP contribution in [0.1, 0.15) is 40.0 Å². The molecule has 0 saturated carbocycles. The fourth-order valence-electron chi connectivity index (χ4n) is 3.45. The summed E-state index contributed by atoms with van der Waals surface area (Å²) in [5, 5.41) is 5.94. The van der Waals surface area contributed by atoms with E-state index in [1.807, 2.05) is 37.3 Å². The lowest BCUT2D eigenvalue weighted by Crippen LogP contribution is -3.11. The fourth-order valence-corrected chi connectivity index (χ4v) is 3.45. The number of rotatable bonds is 9. The third-order valence-electron chi connectivity index (χ3n) is 5.07. The second-order valence-electron chi connectivity index (χ2n) is 7.11. The van der Waals surface area contributed by atoms with Gasteiger partial charge in [-0.25, -0.2) is 4.79 Å². The number of hydrogen-bond acceptors (Lipinski definition) is 2. The molecule has 6 heteroatoms. The van der Waals surface area contributed by atoms with E-state index in [0.717, 1.165) is 38.2 Å². The van der Waals surface area contributed by atoms with Crippen LogP contribution in [0.15, 0.2) is 30.3 Å². The largest absolute Gasteiger partial charge is 0.336 e. The average molecular weight is 362 g/mol. The zero-order valence-corrected chi connectivity index (χ0v) is 16.3. The molecule has 0 unspecified atom stereocenters. The van der Waals surface area contributed by atoms with Crippen LogP contribution in [0.2, 0.25) is 0 Å². The number of nitrogens with zero attached hydrogens (tertiary/aromatic N) is 1. The Morgan fingerprint density at radius 2 is 1.96 bits per heavy atom. The van der Waals surface area contributed by atoms with E-state index in [0.29, 0.717) is 13.0 Å². The average Bonchev–Trinajstić information content (AvgIpc) is 2.99. The predicted octanol–water partition coefficient (Wildman–Crippen LogP) is 1.18. The van der Waals surface area contributed by atoms with Gasteiger partial charge in [0.1, 0.15) is 0 Å². The maximum absolute atomic E-state index is 12.2.